The van der Waals surface area contributed by atoms with Crippen LogP contribution in [0.1, 0.15) is 6.92 Å². The van der Waals surface area contributed by atoms with Crippen molar-refractivity contribution < 1.29 is 18.0 Å². The van der Waals surface area contributed by atoms with Crippen LogP contribution in [-0.4, -0.2) is 37.8 Å². The largest absolute Gasteiger partial charge is 0.415 e. The highest BCUT2D eigenvalue weighted by Gasteiger charge is 2.56. The van der Waals surface area contributed by atoms with Crippen molar-refractivity contribution in [3.63, 3.8) is 0 Å². The zero-order valence-corrected chi connectivity index (χ0v) is 11.2. The lowest BCUT2D eigenvalue weighted by atomic mass is 9.99. The van der Waals surface area contributed by atoms with Crippen LogP contribution in [0.4, 0.5) is 24.5 Å². The predicted molar refractivity (Wildman–Crippen MR) is 70.7 cm³/mol. The molecule has 110 valence electrons. The van der Waals surface area contributed by atoms with E-state index in [-0.39, 0.29) is 6.54 Å². The highest BCUT2D eigenvalue weighted by molar-refractivity contribution is 6.03. The van der Waals surface area contributed by atoms with E-state index >= 15 is 0 Å². The van der Waals surface area contributed by atoms with Crippen LogP contribution in [0, 0.1) is 0 Å². The van der Waals surface area contributed by atoms with Gasteiger partial charge in [0.25, 0.3) is 5.91 Å². The molecule has 1 atom stereocenters. The van der Waals surface area contributed by atoms with Crippen molar-refractivity contribution in [2.75, 3.05) is 29.9 Å². The van der Waals surface area contributed by atoms with E-state index in [9.17, 15) is 18.0 Å². The van der Waals surface area contributed by atoms with E-state index in [0.29, 0.717) is 24.8 Å². The number of alkyl halides is 3. The fourth-order valence-corrected chi connectivity index (χ4v) is 2.12. The Kier molecular flexibility index (Phi) is 3.41. The average Bonchev–Trinajstić information content (AvgIpc) is 2.37. The molecule has 1 aromatic rings. The first-order valence-corrected chi connectivity index (χ1v) is 6.14. The molecule has 1 aliphatic heterocycles. The van der Waals surface area contributed by atoms with Gasteiger partial charge in [0, 0.05) is 20.1 Å². The summed E-state index contributed by atoms with van der Waals surface area (Å²) >= 11 is 0. The third-order valence-corrected chi connectivity index (χ3v) is 3.52. The van der Waals surface area contributed by atoms with Crippen LogP contribution in [0.5, 0.6) is 0 Å². The Morgan fingerprint density at radius 1 is 1.20 bits per heavy atom. The Labute approximate surface area is 114 Å². The number of nitrogens with two attached hydrogens (primary N) is 1. The Balaban J connectivity index is 2.41. The van der Waals surface area contributed by atoms with Gasteiger partial charge in [-0.05, 0) is 19.1 Å². The van der Waals surface area contributed by atoms with Crippen LogP contribution in [0.2, 0.25) is 0 Å². The van der Waals surface area contributed by atoms with Crippen LogP contribution in [-0.2, 0) is 4.79 Å². The topological polar surface area (TPSA) is 49.6 Å². The fraction of sp³-hybridized carbons (Fsp3) is 0.462. The lowest BCUT2D eigenvalue weighted by Gasteiger charge is -2.39. The van der Waals surface area contributed by atoms with Gasteiger partial charge in [-0.2, -0.15) is 13.2 Å². The van der Waals surface area contributed by atoms with E-state index in [1.54, 1.807) is 24.3 Å². The number of halogens is 3. The maximum Gasteiger partial charge on any atom is 0.415 e. The Hall–Kier alpha value is -1.76. The van der Waals surface area contributed by atoms with E-state index < -0.39 is 17.6 Å². The number of anilines is 2. The van der Waals surface area contributed by atoms with Crippen LogP contribution in [0.15, 0.2) is 24.3 Å². The summed E-state index contributed by atoms with van der Waals surface area (Å²) in [6.45, 7) is 1.34. The van der Waals surface area contributed by atoms with Crippen molar-refractivity contribution in [1.82, 2.24) is 0 Å². The first kappa shape index (κ1) is 14.6. The van der Waals surface area contributed by atoms with E-state index in [4.69, 9.17) is 5.73 Å². The second kappa shape index (κ2) is 4.66. The van der Waals surface area contributed by atoms with Crippen molar-refractivity contribution >= 4 is 17.3 Å². The minimum atomic E-state index is -4.79. The Morgan fingerprint density at radius 3 is 2.30 bits per heavy atom. The van der Waals surface area contributed by atoms with Crippen molar-refractivity contribution in [3.8, 4) is 0 Å². The van der Waals surface area contributed by atoms with Crippen LogP contribution >= 0.6 is 0 Å². The second-order valence-corrected chi connectivity index (χ2v) is 5.07. The van der Waals surface area contributed by atoms with Crippen LogP contribution < -0.4 is 15.5 Å². The van der Waals surface area contributed by atoms with E-state index in [1.165, 1.54) is 0 Å². The minimum Gasteiger partial charge on any atom is -0.371 e. The van der Waals surface area contributed by atoms with Crippen molar-refractivity contribution in [2.24, 2.45) is 5.73 Å². The Morgan fingerprint density at radius 2 is 1.75 bits per heavy atom. The zero-order valence-electron chi connectivity index (χ0n) is 11.2. The molecule has 1 unspecified atom stereocenters. The fourth-order valence-electron chi connectivity index (χ4n) is 2.12. The summed E-state index contributed by atoms with van der Waals surface area (Å²) in [6, 6.07) is 6.83. The lowest BCUT2D eigenvalue weighted by molar-refractivity contribution is -0.185. The monoisotopic (exact) mass is 287 g/mol. The molecule has 0 saturated carbocycles. The van der Waals surface area contributed by atoms with Gasteiger partial charge in [-0.3, -0.25) is 4.79 Å². The highest BCUT2D eigenvalue weighted by Crippen LogP contribution is 2.36. The van der Waals surface area contributed by atoms with Crippen molar-refractivity contribution in [3.05, 3.63) is 24.3 Å². The van der Waals surface area contributed by atoms with Crippen molar-refractivity contribution in [2.45, 2.75) is 18.6 Å². The van der Waals surface area contributed by atoms with Gasteiger partial charge >= 0.3 is 6.18 Å². The minimum absolute atomic E-state index is 0.176. The SMILES string of the molecule is CN1CCN(C(=O)C(C)(N)C(F)(F)F)c2ccccc21. The molecule has 4 nitrogen and oxygen atoms in total. The summed E-state index contributed by atoms with van der Waals surface area (Å²) < 4.78 is 38.7. The van der Waals surface area contributed by atoms with Crippen LogP contribution in [0.3, 0.4) is 0 Å². The Bertz CT molecular complexity index is 528. The van der Waals surface area contributed by atoms with E-state index in [2.05, 4.69) is 0 Å². The summed E-state index contributed by atoms with van der Waals surface area (Å²) in [5.74, 6) is -1.13. The molecule has 2 N–H and O–H groups in total. The zero-order chi connectivity index (χ0) is 15.1. The molecule has 0 saturated heterocycles. The number of benzene rings is 1. The van der Waals surface area contributed by atoms with Crippen LogP contribution in [0.25, 0.3) is 0 Å². The molecule has 0 radical (unpaired) electrons. The van der Waals surface area contributed by atoms with Gasteiger partial charge in [0.15, 0.2) is 5.54 Å². The van der Waals surface area contributed by atoms with Crippen molar-refractivity contribution in [1.29, 1.82) is 0 Å². The van der Waals surface area contributed by atoms with Gasteiger partial charge in [0.05, 0.1) is 11.4 Å². The molecule has 20 heavy (non-hydrogen) atoms. The number of carbonyl (C=O) groups excluding carboxylic acids is 1. The predicted octanol–water partition coefficient (Wildman–Crippen LogP) is 1.75. The molecular weight excluding hydrogens is 271 g/mol. The second-order valence-electron chi connectivity index (χ2n) is 5.07. The van der Waals surface area contributed by atoms with Gasteiger partial charge in [0.2, 0.25) is 0 Å². The standard InChI is InChI=1S/C13H16F3N3O/c1-12(17,13(14,15)16)11(20)19-8-7-18(2)9-5-3-4-6-10(9)19/h3-6H,7-8,17H2,1-2H3. The normalized spacial score (nSPS) is 18.5. The molecule has 7 heteroatoms. The smallest absolute Gasteiger partial charge is 0.371 e. The lowest BCUT2D eigenvalue weighted by Crippen LogP contribution is -2.63. The molecule has 1 heterocycles. The molecule has 0 aliphatic carbocycles. The molecule has 0 spiro atoms. The maximum absolute atomic E-state index is 12.9. The highest BCUT2D eigenvalue weighted by atomic mass is 19.4. The van der Waals surface area contributed by atoms with E-state index in [1.807, 2.05) is 11.9 Å². The number of amides is 1. The number of likely N-dealkylation sites (N-methyl/N-ethyl adjacent to an activating group) is 1. The first-order valence-electron chi connectivity index (χ1n) is 6.14. The summed E-state index contributed by atoms with van der Waals surface area (Å²) in [5, 5.41) is 0. The quantitative estimate of drug-likeness (QED) is 0.856. The van der Waals surface area contributed by atoms with Gasteiger partial charge in [0.1, 0.15) is 0 Å². The first-order chi connectivity index (χ1) is 9.16. The summed E-state index contributed by atoms with van der Waals surface area (Å²) in [5.41, 5.74) is 3.50. The number of para-hydroxylation sites is 2. The molecule has 1 aliphatic rings. The number of nitrogens with zero attached hydrogens (tertiary/aromatic N) is 2. The van der Waals surface area contributed by atoms with Gasteiger partial charge in [-0.15, -0.1) is 0 Å². The molecule has 2 rings (SSSR count). The third kappa shape index (κ3) is 2.22. The van der Waals surface area contributed by atoms with E-state index in [0.717, 1.165) is 4.90 Å². The summed E-state index contributed by atoms with van der Waals surface area (Å²) in [4.78, 5) is 15.2. The number of hydrogen-bond donors (Lipinski definition) is 1. The average molecular weight is 287 g/mol. The number of fused-ring (bicyclic) bond motifs is 1. The van der Waals surface area contributed by atoms with Gasteiger partial charge in [-0.25, -0.2) is 0 Å². The summed E-state index contributed by atoms with van der Waals surface area (Å²) in [7, 11) is 1.83. The third-order valence-electron chi connectivity index (χ3n) is 3.52. The molecule has 1 amide bonds. The molecule has 0 bridgehead atoms. The number of carbonyl (C=O) groups is 1. The molecular formula is C13H16F3N3O. The molecule has 1 aromatic carbocycles. The maximum atomic E-state index is 12.9. The number of rotatable bonds is 1. The number of hydrogen-bond acceptors (Lipinski definition) is 3. The van der Waals surface area contributed by atoms with Gasteiger partial charge < -0.3 is 15.5 Å². The summed E-state index contributed by atoms with van der Waals surface area (Å²) in [6.07, 6.45) is -4.79. The molecule has 0 fully saturated rings. The van der Waals surface area contributed by atoms with Gasteiger partial charge in [-0.1, -0.05) is 12.1 Å². The molecule has 0 aromatic heterocycles.